The average molecular weight is 300 g/mol. The predicted molar refractivity (Wildman–Crippen MR) is 80.3 cm³/mol. The quantitative estimate of drug-likeness (QED) is 0.814. The first kappa shape index (κ1) is 17.8. The van der Waals surface area contributed by atoms with Gasteiger partial charge in [-0.3, -0.25) is 4.79 Å². The van der Waals surface area contributed by atoms with Crippen molar-refractivity contribution in [2.45, 2.75) is 71.1 Å². The first-order valence-corrected chi connectivity index (χ1v) is 7.69. The van der Waals surface area contributed by atoms with Crippen molar-refractivity contribution >= 4 is 12.1 Å². The number of carboxylic acid groups (broad SMARTS) is 1. The number of carbonyl (C=O) groups is 2. The molecule has 0 aromatic heterocycles. The molecular weight excluding hydrogens is 272 g/mol. The van der Waals surface area contributed by atoms with Gasteiger partial charge in [-0.05, 0) is 40.5 Å². The van der Waals surface area contributed by atoms with Crippen LogP contribution in [0.3, 0.4) is 0 Å². The minimum absolute atomic E-state index is 0.00190. The second-order valence-electron chi connectivity index (χ2n) is 6.50. The van der Waals surface area contributed by atoms with Crippen LogP contribution in [-0.2, 0) is 9.53 Å². The van der Waals surface area contributed by atoms with Gasteiger partial charge in [-0.15, -0.1) is 0 Å². The number of amides is 1. The lowest BCUT2D eigenvalue weighted by molar-refractivity contribution is -0.136. The van der Waals surface area contributed by atoms with E-state index in [2.05, 4.69) is 5.32 Å². The summed E-state index contributed by atoms with van der Waals surface area (Å²) in [4.78, 5) is 24.8. The maximum Gasteiger partial charge on any atom is 0.410 e. The molecule has 1 rings (SSSR count). The van der Waals surface area contributed by atoms with Gasteiger partial charge in [0.05, 0.1) is 12.6 Å². The molecule has 1 fully saturated rings. The van der Waals surface area contributed by atoms with Gasteiger partial charge < -0.3 is 20.1 Å². The van der Waals surface area contributed by atoms with Gasteiger partial charge in [0.15, 0.2) is 0 Å². The molecule has 1 amide bonds. The van der Waals surface area contributed by atoms with Crippen LogP contribution in [-0.4, -0.2) is 52.8 Å². The topological polar surface area (TPSA) is 78.9 Å². The zero-order valence-corrected chi connectivity index (χ0v) is 13.5. The predicted octanol–water partition coefficient (Wildman–Crippen LogP) is 2.23. The summed E-state index contributed by atoms with van der Waals surface area (Å²) in [5, 5.41) is 11.9. The molecule has 1 aliphatic carbocycles. The van der Waals surface area contributed by atoms with Crippen LogP contribution in [0.4, 0.5) is 4.79 Å². The summed E-state index contributed by atoms with van der Waals surface area (Å²) in [6, 6.07) is 0.0141. The Morgan fingerprint density at radius 1 is 1.29 bits per heavy atom. The van der Waals surface area contributed by atoms with Crippen molar-refractivity contribution < 1.29 is 19.4 Å². The molecule has 122 valence electrons. The molecule has 0 aliphatic heterocycles. The highest BCUT2D eigenvalue weighted by molar-refractivity contribution is 5.69. The number of aliphatic carboxylic acids is 1. The van der Waals surface area contributed by atoms with Crippen molar-refractivity contribution in [3.05, 3.63) is 0 Å². The summed E-state index contributed by atoms with van der Waals surface area (Å²) in [5.74, 6) is -0.875. The van der Waals surface area contributed by atoms with Gasteiger partial charge in [0.2, 0.25) is 0 Å². The normalized spacial score (nSPS) is 22.7. The van der Waals surface area contributed by atoms with Gasteiger partial charge in [0, 0.05) is 12.6 Å². The standard InChI is InChI=1S/C15H28N2O4/c1-5-17(14(20)21-15(2,3)4)12-9-7-6-8-11(12)16-10-13(18)19/h11-12,16H,5-10H2,1-4H3,(H,18,19)/t11-,12-/m1/s1. The Bertz CT molecular complexity index is 365. The lowest BCUT2D eigenvalue weighted by Gasteiger charge is -2.40. The Hall–Kier alpha value is -1.30. The van der Waals surface area contributed by atoms with E-state index < -0.39 is 11.6 Å². The molecule has 0 aromatic rings. The maximum absolute atomic E-state index is 12.3. The highest BCUT2D eigenvalue weighted by Gasteiger charge is 2.34. The molecule has 1 saturated carbocycles. The molecule has 2 N–H and O–H groups in total. The van der Waals surface area contributed by atoms with Crippen molar-refractivity contribution in [3.63, 3.8) is 0 Å². The van der Waals surface area contributed by atoms with Crippen LogP contribution in [0.25, 0.3) is 0 Å². The Labute approximate surface area is 126 Å². The van der Waals surface area contributed by atoms with Gasteiger partial charge in [-0.2, -0.15) is 0 Å². The number of likely N-dealkylation sites (N-methyl/N-ethyl adjacent to an activating group) is 1. The fourth-order valence-electron chi connectivity index (χ4n) is 2.76. The third-order valence-electron chi connectivity index (χ3n) is 3.61. The van der Waals surface area contributed by atoms with Crippen LogP contribution < -0.4 is 5.32 Å². The highest BCUT2D eigenvalue weighted by Crippen LogP contribution is 2.25. The zero-order chi connectivity index (χ0) is 16.0. The number of ether oxygens (including phenoxy) is 1. The molecule has 21 heavy (non-hydrogen) atoms. The molecular formula is C15H28N2O4. The first-order valence-electron chi connectivity index (χ1n) is 7.69. The van der Waals surface area contributed by atoms with Crippen LogP contribution >= 0.6 is 0 Å². The number of rotatable bonds is 5. The minimum atomic E-state index is -0.875. The SMILES string of the molecule is CCN(C(=O)OC(C)(C)C)[C@@H]1CCCC[C@H]1NCC(=O)O. The molecule has 0 spiro atoms. The lowest BCUT2D eigenvalue weighted by atomic mass is 9.89. The molecule has 2 atom stereocenters. The van der Waals surface area contributed by atoms with Crippen LogP contribution in [0.5, 0.6) is 0 Å². The Balaban J connectivity index is 2.74. The number of nitrogens with zero attached hydrogens (tertiary/aromatic N) is 1. The smallest absolute Gasteiger partial charge is 0.410 e. The summed E-state index contributed by atoms with van der Waals surface area (Å²) in [6.45, 7) is 7.95. The second-order valence-corrected chi connectivity index (χ2v) is 6.50. The molecule has 6 heteroatoms. The van der Waals surface area contributed by atoms with Crippen molar-refractivity contribution in [1.82, 2.24) is 10.2 Å². The van der Waals surface area contributed by atoms with Crippen molar-refractivity contribution in [1.29, 1.82) is 0 Å². The summed E-state index contributed by atoms with van der Waals surface area (Å²) >= 11 is 0. The monoisotopic (exact) mass is 300 g/mol. The van der Waals surface area contributed by atoms with E-state index in [9.17, 15) is 9.59 Å². The summed E-state index contributed by atoms with van der Waals surface area (Å²) in [6.07, 6.45) is 3.55. The van der Waals surface area contributed by atoms with E-state index in [4.69, 9.17) is 9.84 Å². The molecule has 0 bridgehead atoms. The number of hydrogen-bond donors (Lipinski definition) is 2. The van der Waals surface area contributed by atoms with Gasteiger partial charge in [-0.25, -0.2) is 4.79 Å². The molecule has 0 radical (unpaired) electrons. The Kier molecular flexibility index (Phi) is 6.45. The van der Waals surface area contributed by atoms with Gasteiger partial charge in [0.1, 0.15) is 5.60 Å². The van der Waals surface area contributed by atoms with Crippen LogP contribution in [0.15, 0.2) is 0 Å². The van der Waals surface area contributed by atoms with E-state index in [0.29, 0.717) is 6.54 Å². The molecule has 0 saturated heterocycles. The summed E-state index contributed by atoms with van der Waals surface area (Å²) < 4.78 is 5.46. The fourth-order valence-corrected chi connectivity index (χ4v) is 2.76. The van der Waals surface area contributed by atoms with E-state index in [1.165, 1.54) is 0 Å². The van der Waals surface area contributed by atoms with Crippen LogP contribution in [0.2, 0.25) is 0 Å². The van der Waals surface area contributed by atoms with Gasteiger partial charge >= 0.3 is 12.1 Å². The molecule has 0 aromatic carbocycles. The van der Waals surface area contributed by atoms with E-state index in [1.807, 2.05) is 27.7 Å². The van der Waals surface area contributed by atoms with E-state index in [-0.39, 0.29) is 24.7 Å². The van der Waals surface area contributed by atoms with Crippen molar-refractivity contribution in [2.24, 2.45) is 0 Å². The number of carboxylic acids is 1. The van der Waals surface area contributed by atoms with Crippen LogP contribution in [0.1, 0.15) is 53.4 Å². The van der Waals surface area contributed by atoms with Gasteiger partial charge in [-0.1, -0.05) is 12.8 Å². The van der Waals surface area contributed by atoms with Crippen LogP contribution in [0, 0.1) is 0 Å². The van der Waals surface area contributed by atoms with E-state index in [0.717, 1.165) is 25.7 Å². The average Bonchev–Trinajstić information content (AvgIpc) is 2.36. The van der Waals surface area contributed by atoms with Crippen molar-refractivity contribution in [2.75, 3.05) is 13.1 Å². The summed E-state index contributed by atoms with van der Waals surface area (Å²) in [5.41, 5.74) is -0.525. The molecule has 6 nitrogen and oxygen atoms in total. The highest BCUT2D eigenvalue weighted by atomic mass is 16.6. The van der Waals surface area contributed by atoms with E-state index >= 15 is 0 Å². The minimum Gasteiger partial charge on any atom is -0.480 e. The molecule has 1 aliphatic rings. The summed E-state index contributed by atoms with van der Waals surface area (Å²) in [7, 11) is 0. The lowest BCUT2D eigenvalue weighted by Crippen LogP contribution is -2.55. The molecule has 0 unspecified atom stereocenters. The second kappa shape index (κ2) is 7.64. The number of nitrogens with one attached hydrogen (secondary N) is 1. The van der Waals surface area contributed by atoms with Gasteiger partial charge in [0.25, 0.3) is 0 Å². The maximum atomic E-state index is 12.3. The Morgan fingerprint density at radius 2 is 1.90 bits per heavy atom. The van der Waals surface area contributed by atoms with Crippen molar-refractivity contribution in [3.8, 4) is 0 Å². The molecule has 0 heterocycles. The largest absolute Gasteiger partial charge is 0.480 e. The number of hydrogen-bond acceptors (Lipinski definition) is 4. The third-order valence-corrected chi connectivity index (χ3v) is 3.61. The fraction of sp³-hybridized carbons (Fsp3) is 0.867. The third kappa shape index (κ3) is 5.91. The zero-order valence-electron chi connectivity index (χ0n) is 13.5. The van der Waals surface area contributed by atoms with E-state index in [1.54, 1.807) is 4.90 Å². The Morgan fingerprint density at radius 3 is 2.43 bits per heavy atom. The number of carbonyl (C=O) groups excluding carboxylic acids is 1. The first-order chi connectivity index (χ1) is 9.74.